The molecular weight excluding hydrogens is 241 g/mol. The van der Waals surface area contributed by atoms with Crippen LogP contribution in [0.5, 0.6) is 0 Å². The molecule has 1 unspecified atom stereocenters. The van der Waals surface area contributed by atoms with Gasteiger partial charge in [-0.25, -0.2) is 0 Å². The maximum Gasteiger partial charge on any atom is 0.395 e. The lowest BCUT2D eigenvalue weighted by atomic mass is 9.78. The number of hydrogen-bond acceptors (Lipinski definition) is 4. The van der Waals surface area contributed by atoms with E-state index in [9.17, 15) is 22.8 Å². The molecule has 0 aromatic heterocycles. The van der Waals surface area contributed by atoms with Crippen LogP contribution >= 0.6 is 0 Å². The number of ether oxygens (including phenoxy) is 2. The van der Waals surface area contributed by atoms with Crippen molar-refractivity contribution in [3.63, 3.8) is 0 Å². The van der Waals surface area contributed by atoms with Crippen LogP contribution in [0.2, 0.25) is 0 Å². The molecule has 0 N–H and O–H groups in total. The van der Waals surface area contributed by atoms with E-state index in [1.807, 2.05) is 0 Å². The van der Waals surface area contributed by atoms with Crippen molar-refractivity contribution in [2.75, 3.05) is 13.7 Å². The highest BCUT2D eigenvalue weighted by Crippen LogP contribution is 2.44. The molecule has 0 aliphatic rings. The highest BCUT2D eigenvalue weighted by molar-refractivity contribution is 5.95. The van der Waals surface area contributed by atoms with Gasteiger partial charge in [-0.3, -0.25) is 9.59 Å². The molecule has 0 bridgehead atoms. The van der Waals surface area contributed by atoms with Crippen molar-refractivity contribution in [3.05, 3.63) is 0 Å². The van der Waals surface area contributed by atoms with Gasteiger partial charge in [0.2, 0.25) is 0 Å². The number of methoxy groups -OCH3 is 1. The number of rotatable bonds is 4. The Morgan fingerprint density at radius 1 is 1.18 bits per heavy atom. The average molecular weight is 256 g/mol. The van der Waals surface area contributed by atoms with E-state index in [2.05, 4.69) is 9.47 Å². The number of alkyl halides is 3. The van der Waals surface area contributed by atoms with Crippen LogP contribution in [0.15, 0.2) is 0 Å². The fourth-order valence-corrected chi connectivity index (χ4v) is 1.19. The van der Waals surface area contributed by atoms with Gasteiger partial charge in [-0.1, -0.05) is 0 Å². The lowest BCUT2D eigenvalue weighted by Gasteiger charge is -2.32. The van der Waals surface area contributed by atoms with Crippen LogP contribution in [-0.4, -0.2) is 31.8 Å². The zero-order valence-electron chi connectivity index (χ0n) is 10.1. The van der Waals surface area contributed by atoms with Gasteiger partial charge in [-0.15, -0.1) is 0 Å². The molecular formula is C10H15F3O4. The topological polar surface area (TPSA) is 52.6 Å². The third-order valence-corrected chi connectivity index (χ3v) is 2.41. The molecule has 100 valence electrons. The normalized spacial score (nSPS) is 14.1. The molecule has 17 heavy (non-hydrogen) atoms. The summed E-state index contributed by atoms with van der Waals surface area (Å²) in [6.45, 7) is 2.84. The number of carbonyl (C=O) groups excluding carboxylic acids is 2. The van der Waals surface area contributed by atoms with E-state index in [1.54, 1.807) is 0 Å². The van der Waals surface area contributed by atoms with E-state index in [-0.39, 0.29) is 6.61 Å². The van der Waals surface area contributed by atoms with E-state index in [1.165, 1.54) is 6.92 Å². The van der Waals surface area contributed by atoms with Gasteiger partial charge < -0.3 is 9.47 Å². The second-order valence-corrected chi connectivity index (χ2v) is 3.93. The number of halogens is 3. The molecule has 0 aliphatic carbocycles. The Morgan fingerprint density at radius 2 is 1.65 bits per heavy atom. The van der Waals surface area contributed by atoms with Crippen LogP contribution in [0.3, 0.4) is 0 Å². The van der Waals surface area contributed by atoms with Crippen LogP contribution < -0.4 is 0 Å². The summed E-state index contributed by atoms with van der Waals surface area (Å²) in [4.78, 5) is 22.7. The summed E-state index contributed by atoms with van der Waals surface area (Å²) in [7, 11) is 0.918. The predicted molar refractivity (Wildman–Crippen MR) is 52.0 cm³/mol. The monoisotopic (exact) mass is 256 g/mol. The fourth-order valence-electron chi connectivity index (χ4n) is 1.19. The molecule has 0 rings (SSSR count). The first-order chi connectivity index (χ1) is 7.59. The minimum atomic E-state index is -4.72. The van der Waals surface area contributed by atoms with Crippen molar-refractivity contribution in [2.45, 2.75) is 26.9 Å². The molecule has 0 aliphatic heterocycles. The van der Waals surface area contributed by atoms with Gasteiger partial charge in [0.25, 0.3) is 0 Å². The second kappa shape index (κ2) is 5.37. The summed E-state index contributed by atoms with van der Waals surface area (Å²) in [5.74, 6) is -4.51. The summed E-state index contributed by atoms with van der Waals surface area (Å²) in [5, 5.41) is 0. The van der Waals surface area contributed by atoms with Gasteiger partial charge >= 0.3 is 18.1 Å². The Balaban J connectivity index is 5.33. The lowest BCUT2D eigenvalue weighted by Crippen LogP contribution is -2.47. The zero-order valence-corrected chi connectivity index (χ0v) is 10.1. The second-order valence-electron chi connectivity index (χ2n) is 3.93. The number of hydrogen-bond donors (Lipinski definition) is 0. The summed E-state index contributed by atoms with van der Waals surface area (Å²) in [5.41, 5.74) is -2.55. The SMILES string of the molecule is CCOC(=O)C(C(=O)OC)C(C)(C)C(F)(F)F. The fraction of sp³-hybridized carbons (Fsp3) is 0.800. The third-order valence-electron chi connectivity index (χ3n) is 2.41. The van der Waals surface area contributed by atoms with Crippen molar-refractivity contribution >= 4 is 11.9 Å². The van der Waals surface area contributed by atoms with Crippen molar-refractivity contribution in [1.82, 2.24) is 0 Å². The maximum absolute atomic E-state index is 12.8. The molecule has 0 amide bonds. The Labute approximate surface area is 97.1 Å². The average Bonchev–Trinajstić information content (AvgIpc) is 2.15. The Hall–Kier alpha value is -1.27. The Bertz CT molecular complexity index is 296. The van der Waals surface area contributed by atoms with Gasteiger partial charge in [-0.05, 0) is 20.8 Å². The first kappa shape index (κ1) is 15.7. The quantitative estimate of drug-likeness (QED) is 0.569. The predicted octanol–water partition coefficient (Wildman–Crippen LogP) is 1.93. The lowest BCUT2D eigenvalue weighted by molar-refractivity contribution is -0.236. The van der Waals surface area contributed by atoms with Gasteiger partial charge in [0, 0.05) is 0 Å². The summed E-state index contributed by atoms with van der Waals surface area (Å²) >= 11 is 0. The van der Waals surface area contributed by atoms with Crippen LogP contribution in [0.4, 0.5) is 13.2 Å². The van der Waals surface area contributed by atoms with E-state index in [0.29, 0.717) is 0 Å². The highest BCUT2D eigenvalue weighted by Gasteiger charge is 2.58. The Kier molecular flexibility index (Phi) is 4.97. The van der Waals surface area contributed by atoms with Crippen LogP contribution in [0, 0.1) is 11.3 Å². The molecule has 0 heterocycles. The van der Waals surface area contributed by atoms with Crippen LogP contribution in [0.25, 0.3) is 0 Å². The molecule has 0 saturated carbocycles. The van der Waals surface area contributed by atoms with Crippen molar-refractivity contribution in [1.29, 1.82) is 0 Å². The molecule has 4 nitrogen and oxygen atoms in total. The number of carbonyl (C=O) groups is 2. The molecule has 0 saturated heterocycles. The largest absolute Gasteiger partial charge is 0.468 e. The molecule has 7 heteroatoms. The Morgan fingerprint density at radius 3 is 1.94 bits per heavy atom. The third kappa shape index (κ3) is 3.34. The van der Waals surface area contributed by atoms with Crippen molar-refractivity contribution in [2.24, 2.45) is 11.3 Å². The van der Waals surface area contributed by atoms with Gasteiger partial charge in [0.05, 0.1) is 19.1 Å². The first-order valence-corrected chi connectivity index (χ1v) is 4.90. The molecule has 0 fully saturated rings. The van der Waals surface area contributed by atoms with E-state index < -0.39 is 29.4 Å². The van der Waals surface area contributed by atoms with Crippen LogP contribution in [-0.2, 0) is 19.1 Å². The van der Waals surface area contributed by atoms with E-state index >= 15 is 0 Å². The molecule has 0 aromatic rings. The van der Waals surface area contributed by atoms with Crippen LogP contribution in [0.1, 0.15) is 20.8 Å². The number of esters is 2. The smallest absolute Gasteiger partial charge is 0.395 e. The van der Waals surface area contributed by atoms with Gasteiger partial charge in [-0.2, -0.15) is 13.2 Å². The maximum atomic E-state index is 12.8. The standard InChI is InChI=1S/C10H15F3O4/c1-5-17-8(15)6(7(14)16-4)9(2,3)10(11,12)13/h6H,5H2,1-4H3. The first-order valence-electron chi connectivity index (χ1n) is 4.90. The minimum Gasteiger partial charge on any atom is -0.468 e. The van der Waals surface area contributed by atoms with E-state index in [0.717, 1.165) is 21.0 Å². The molecule has 1 atom stereocenters. The summed E-state index contributed by atoms with van der Waals surface area (Å²) in [6, 6.07) is 0. The molecule has 0 aromatic carbocycles. The summed E-state index contributed by atoms with van der Waals surface area (Å²) < 4.78 is 47.0. The summed E-state index contributed by atoms with van der Waals surface area (Å²) in [6.07, 6.45) is -4.72. The van der Waals surface area contributed by atoms with Crippen molar-refractivity contribution in [3.8, 4) is 0 Å². The molecule has 0 radical (unpaired) electrons. The minimum absolute atomic E-state index is 0.111. The van der Waals surface area contributed by atoms with Gasteiger partial charge in [0.1, 0.15) is 0 Å². The highest BCUT2D eigenvalue weighted by atomic mass is 19.4. The van der Waals surface area contributed by atoms with Gasteiger partial charge in [0.15, 0.2) is 5.92 Å². The zero-order chi connectivity index (χ0) is 13.9. The molecule has 0 spiro atoms. The van der Waals surface area contributed by atoms with E-state index in [4.69, 9.17) is 0 Å². The van der Waals surface area contributed by atoms with Crippen molar-refractivity contribution < 1.29 is 32.2 Å².